The number of hydrazine groups is 1. The smallest absolute Gasteiger partial charge is 0.422 e. The normalized spacial score (nSPS) is 12.0. The molecule has 0 bridgehead atoms. The lowest BCUT2D eigenvalue weighted by atomic mass is 10.2. The van der Waals surface area contributed by atoms with Crippen molar-refractivity contribution in [1.82, 2.24) is 10.9 Å². The zero-order valence-corrected chi connectivity index (χ0v) is 16.1. The number of hydrogen-bond acceptors (Lipinski definition) is 4. The number of halogens is 4. The van der Waals surface area contributed by atoms with E-state index in [9.17, 15) is 22.8 Å². The minimum atomic E-state index is -4.45. The molecule has 2 aromatic rings. The Morgan fingerprint density at radius 2 is 1.75 bits per heavy atom. The predicted octanol–water partition coefficient (Wildman–Crippen LogP) is 3.62. The highest BCUT2D eigenvalue weighted by atomic mass is 79.9. The van der Waals surface area contributed by atoms with Crippen molar-refractivity contribution in [2.24, 2.45) is 0 Å². The van der Waals surface area contributed by atoms with Crippen molar-refractivity contribution in [2.45, 2.75) is 19.2 Å². The van der Waals surface area contributed by atoms with Crippen molar-refractivity contribution in [3.05, 3.63) is 58.6 Å². The van der Waals surface area contributed by atoms with E-state index in [4.69, 9.17) is 4.74 Å². The lowest BCUT2D eigenvalue weighted by molar-refractivity contribution is -0.153. The lowest BCUT2D eigenvalue weighted by Crippen LogP contribution is -2.47. The van der Waals surface area contributed by atoms with Gasteiger partial charge in [0.15, 0.2) is 12.7 Å². The van der Waals surface area contributed by atoms with Gasteiger partial charge in [0.2, 0.25) is 0 Å². The highest BCUT2D eigenvalue weighted by Gasteiger charge is 2.28. The molecule has 0 fully saturated rings. The van der Waals surface area contributed by atoms with Gasteiger partial charge in [-0.15, -0.1) is 0 Å². The highest BCUT2D eigenvalue weighted by Crippen LogP contribution is 2.20. The Morgan fingerprint density at radius 1 is 1.07 bits per heavy atom. The maximum absolute atomic E-state index is 12.1. The van der Waals surface area contributed by atoms with Gasteiger partial charge in [-0.1, -0.05) is 22.0 Å². The molecule has 0 saturated heterocycles. The van der Waals surface area contributed by atoms with Crippen LogP contribution in [-0.4, -0.2) is 30.7 Å². The fraction of sp³-hybridized carbons (Fsp3) is 0.222. The summed E-state index contributed by atoms with van der Waals surface area (Å²) in [6.45, 7) is 0.0830. The molecule has 150 valence electrons. The van der Waals surface area contributed by atoms with Crippen LogP contribution in [0.1, 0.15) is 17.3 Å². The Labute approximate surface area is 167 Å². The first-order valence-electron chi connectivity index (χ1n) is 7.96. The van der Waals surface area contributed by atoms with Crippen molar-refractivity contribution in [2.75, 3.05) is 6.61 Å². The van der Waals surface area contributed by atoms with Crippen LogP contribution in [0.5, 0.6) is 11.5 Å². The number of alkyl halides is 3. The van der Waals surface area contributed by atoms with Crippen molar-refractivity contribution >= 4 is 27.7 Å². The fourth-order valence-corrected chi connectivity index (χ4v) is 2.34. The van der Waals surface area contributed by atoms with Gasteiger partial charge in [0.05, 0.1) is 0 Å². The van der Waals surface area contributed by atoms with E-state index in [1.807, 2.05) is 0 Å². The zero-order valence-electron chi connectivity index (χ0n) is 14.5. The quantitative estimate of drug-likeness (QED) is 0.645. The molecule has 1 atom stereocenters. The summed E-state index contributed by atoms with van der Waals surface area (Å²) in [7, 11) is 0. The summed E-state index contributed by atoms with van der Waals surface area (Å²) in [6, 6.07) is 11.9. The van der Waals surface area contributed by atoms with E-state index in [0.29, 0.717) is 5.75 Å². The van der Waals surface area contributed by atoms with E-state index in [1.165, 1.54) is 31.2 Å². The van der Waals surface area contributed by atoms with E-state index in [-0.39, 0.29) is 11.3 Å². The van der Waals surface area contributed by atoms with Crippen molar-refractivity contribution in [1.29, 1.82) is 0 Å². The molecule has 0 aliphatic carbocycles. The minimum Gasteiger partial charge on any atom is -0.484 e. The van der Waals surface area contributed by atoms with Gasteiger partial charge in [-0.05, 0) is 49.4 Å². The van der Waals surface area contributed by atoms with Crippen LogP contribution >= 0.6 is 15.9 Å². The topological polar surface area (TPSA) is 76.7 Å². The second-order valence-corrected chi connectivity index (χ2v) is 6.50. The first-order valence-corrected chi connectivity index (χ1v) is 8.75. The number of ether oxygens (including phenoxy) is 2. The van der Waals surface area contributed by atoms with Gasteiger partial charge in [-0.3, -0.25) is 20.4 Å². The molecule has 0 aliphatic heterocycles. The van der Waals surface area contributed by atoms with Crippen molar-refractivity contribution in [3.8, 4) is 11.5 Å². The summed E-state index contributed by atoms with van der Waals surface area (Å²) in [5.41, 5.74) is 4.55. The number of carbonyl (C=O) groups is 2. The second-order valence-electron chi connectivity index (χ2n) is 5.59. The maximum atomic E-state index is 12.1. The van der Waals surface area contributed by atoms with Crippen LogP contribution in [0, 0.1) is 0 Å². The molecule has 1 unspecified atom stereocenters. The molecule has 2 aromatic carbocycles. The molecule has 6 nitrogen and oxygen atoms in total. The third-order valence-corrected chi connectivity index (χ3v) is 3.79. The average Bonchev–Trinajstić information content (AvgIpc) is 2.64. The summed E-state index contributed by atoms with van der Waals surface area (Å²) < 4.78 is 47.1. The summed E-state index contributed by atoms with van der Waals surface area (Å²) in [6.07, 6.45) is -5.33. The molecule has 2 rings (SSSR count). The Balaban J connectivity index is 1.83. The third kappa shape index (κ3) is 7.10. The molecule has 2 N–H and O–H groups in total. The van der Waals surface area contributed by atoms with Gasteiger partial charge >= 0.3 is 6.18 Å². The Bertz CT molecular complexity index is 828. The molecular weight excluding hydrogens is 445 g/mol. The number of hydrogen-bond donors (Lipinski definition) is 2. The molecule has 10 heteroatoms. The molecular formula is C18H16BrF3N2O4. The van der Waals surface area contributed by atoms with Crippen LogP contribution < -0.4 is 20.3 Å². The van der Waals surface area contributed by atoms with Gasteiger partial charge in [0.25, 0.3) is 11.8 Å². The SMILES string of the molecule is CC(Oc1cccc(Br)c1)C(=O)NNC(=O)c1ccc(OCC(F)(F)F)cc1. The van der Waals surface area contributed by atoms with Crippen molar-refractivity contribution < 1.29 is 32.2 Å². The molecule has 0 spiro atoms. The molecule has 28 heavy (non-hydrogen) atoms. The largest absolute Gasteiger partial charge is 0.484 e. The van der Waals surface area contributed by atoms with Gasteiger partial charge in [-0.25, -0.2) is 0 Å². The van der Waals surface area contributed by atoms with Gasteiger partial charge in [0.1, 0.15) is 11.5 Å². The zero-order chi connectivity index (χ0) is 20.7. The molecule has 0 saturated carbocycles. The number of benzene rings is 2. The molecule has 0 radical (unpaired) electrons. The van der Waals surface area contributed by atoms with Crippen LogP contribution in [0.2, 0.25) is 0 Å². The minimum absolute atomic E-state index is 0.0334. The number of nitrogens with one attached hydrogen (secondary N) is 2. The summed E-state index contributed by atoms with van der Waals surface area (Å²) in [5, 5.41) is 0. The molecule has 0 aliphatic rings. The summed E-state index contributed by atoms with van der Waals surface area (Å²) in [4.78, 5) is 24.0. The van der Waals surface area contributed by atoms with Crippen LogP contribution in [0.15, 0.2) is 53.0 Å². The third-order valence-electron chi connectivity index (χ3n) is 3.30. The Morgan fingerprint density at radius 3 is 2.36 bits per heavy atom. The van der Waals surface area contributed by atoms with Gasteiger partial charge < -0.3 is 9.47 Å². The maximum Gasteiger partial charge on any atom is 0.422 e. The fourth-order valence-electron chi connectivity index (χ4n) is 1.96. The Hall–Kier alpha value is -2.75. The number of carbonyl (C=O) groups excluding carboxylic acids is 2. The molecule has 0 heterocycles. The monoisotopic (exact) mass is 460 g/mol. The van der Waals surface area contributed by atoms with E-state index >= 15 is 0 Å². The average molecular weight is 461 g/mol. The van der Waals surface area contributed by atoms with Crippen LogP contribution in [0.25, 0.3) is 0 Å². The first-order chi connectivity index (χ1) is 13.1. The Kier molecular flexibility index (Phi) is 7.27. The first kappa shape index (κ1) is 21.5. The lowest BCUT2D eigenvalue weighted by Gasteiger charge is -2.15. The van der Waals surface area contributed by atoms with Gasteiger partial charge in [-0.2, -0.15) is 13.2 Å². The van der Waals surface area contributed by atoms with E-state index < -0.39 is 30.7 Å². The second kappa shape index (κ2) is 9.45. The molecule has 0 aromatic heterocycles. The summed E-state index contributed by atoms with van der Waals surface area (Å²) >= 11 is 3.29. The van der Waals surface area contributed by atoms with Gasteiger partial charge in [0, 0.05) is 10.0 Å². The van der Waals surface area contributed by atoms with Crippen LogP contribution in [-0.2, 0) is 4.79 Å². The van der Waals surface area contributed by atoms with Crippen LogP contribution in [0.4, 0.5) is 13.2 Å². The van der Waals surface area contributed by atoms with E-state index in [0.717, 1.165) is 4.47 Å². The van der Waals surface area contributed by atoms with Crippen LogP contribution in [0.3, 0.4) is 0 Å². The molecule has 2 amide bonds. The number of rotatable bonds is 6. The standard InChI is InChI=1S/C18H16BrF3N2O4/c1-11(28-15-4-2-3-13(19)9-15)16(25)23-24-17(26)12-5-7-14(8-6-12)27-10-18(20,21)22/h2-9,11H,10H2,1H3,(H,23,25)(H,24,26). The summed E-state index contributed by atoms with van der Waals surface area (Å²) in [5.74, 6) is -0.796. The highest BCUT2D eigenvalue weighted by molar-refractivity contribution is 9.10. The predicted molar refractivity (Wildman–Crippen MR) is 97.8 cm³/mol. The van der Waals surface area contributed by atoms with E-state index in [2.05, 4.69) is 31.5 Å². The number of amides is 2. The van der Waals surface area contributed by atoms with Crippen molar-refractivity contribution in [3.63, 3.8) is 0 Å². The van der Waals surface area contributed by atoms with E-state index in [1.54, 1.807) is 24.3 Å².